The lowest BCUT2D eigenvalue weighted by molar-refractivity contribution is 0.486. The van der Waals surface area contributed by atoms with Gasteiger partial charge in [0.2, 0.25) is 0 Å². The summed E-state index contributed by atoms with van der Waals surface area (Å²) in [6, 6.07) is 0. The molecular weight excluding hydrogens is 152 g/mol. The van der Waals surface area contributed by atoms with Gasteiger partial charge in [0.15, 0.2) is 0 Å². The van der Waals surface area contributed by atoms with Gasteiger partial charge in [0.05, 0.1) is 5.75 Å². The standard InChI is InChI=1S/C4H8O3S.Mg.2H/c1-4(2)3-8(5,6)7;;;/h1,3H2,2H3,(H,5,6,7);;;. The summed E-state index contributed by atoms with van der Waals surface area (Å²) in [6.07, 6.45) is 0. The quantitative estimate of drug-likeness (QED) is 0.339. The highest BCUT2D eigenvalue weighted by molar-refractivity contribution is 7.85. The zero-order valence-corrected chi connectivity index (χ0v) is 5.40. The zero-order valence-electron chi connectivity index (χ0n) is 4.59. The molecule has 0 bridgehead atoms. The van der Waals surface area contributed by atoms with Gasteiger partial charge in [-0.1, -0.05) is 12.2 Å². The molecule has 0 aliphatic rings. The number of hydrogen-bond acceptors (Lipinski definition) is 2. The molecule has 9 heavy (non-hydrogen) atoms. The van der Waals surface area contributed by atoms with Gasteiger partial charge in [-0.3, -0.25) is 4.55 Å². The van der Waals surface area contributed by atoms with E-state index in [0.717, 1.165) is 0 Å². The van der Waals surface area contributed by atoms with E-state index >= 15 is 0 Å². The minimum atomic E-state index is -3.82. The molecule has 0 radical (unpaired) electrons. The van der Waals surface area contributed by atoms with E-state index in [9.17, 15) is 8.42 Å². The molecule has 3 nitrogen and oxygen atoms in total. The maximum Gasteiger partial charge on any atom is 0.316 e. The predicted octanol–water partition coefficient (Wildman–Crippen LogP) is -0.466. The first-order chi connectivity index (χ1) is 3.42. The van der Waals surface area contributed by atoms with Crippen molar-refractivity contribution in [3.05, 3.63) is 12.2 Å². The number of hydrogen-bond donors (Lipinski definition) is 1. The van der Waals surface area contributed by atoms with E-state index in [1.807, 2.05) is 0 Å². The van der Waals surface area contributed by atoms with E-state index in [2.05, 4.69) is 6.58 Å². The van der Waals surface area contributed by atoms with E-state index in [4.69, 9.17) is 4.55 Å². The van der Waals surface area contributed by atoms with Crippen molar-refractivity contribution in [2.75, 3.05) is 5.75 Å². The van der Waals surface area contributed by atoms with Crippen LogP contribution < -0.4 is 0 Å². The third kappa shape index (κ3) is 11.8. The van der Waals surface area contributed by atoms with Crippen LogP contribution in [0.15, 0.2) is 12.2 Å². The van der Waals surface area contributed by atoms with E-state index in [-0.39, 0.29) is 28.8 Å². The molecule has 0 saturated carbocycles. The van der Waals surface area contributed by atoms with Crippen molar-refractivity contribution in [1.29, 1.82) is 0 Å². The molecule has 0 unspecified atom stereocenters. The molecule has 0 atom stereocenters. The molecule has 0 rings (SSSR count). The first-order valence-electron chi connectivity index (χ1n) is 2.01. The highest BCUT2D eigenvalue weighted by Crippen LogP contribution is 1.91. The molecule has 0 aromatic carbocycles. The van der Waals surface area contributed by atoms with Crippen LogP contribution in [-0.4, -0.2) is 41.8 Å². The molecule has 1 N–H and O–H groups in total. The Morgan fingerprint density at radius 1 is 1.67 bits per heavy atom. The topological polar surface area (TPSA) is 54.4 Å². The SMILES string of the molecule is C=C(C)CS(=O)(=O)O.[MgH2]. The van der Waals surface area contributed by atoms with Gasteiger partial charge in [0, 0.05) is 0 Å². The van der Waals surface area contributed by atoms with Gasteiger partial charge in [-0.15, -0.1) is 0 Å². The van der Waals surface area contributed by atoms with Crippen LogP contribution in [-0.2, 0) is 10.1 Å². The third-order valence-corrected chi connectivity index (χ3v) is 1.29. The third-order valence-electron chi connectivity index (χ3n) is 0.429. The minimum Gasteiger partial charge on any atom is -0.285 e. The van der Waals surface area contributed by atoms with Crippen molar-refractivity contribution in [3.8, 4) is 0 Å². The molecule has 0 heterocycles. The van der Waals surface area contributed by atoms with Gasteiger partial charge >= 0.3 is 23.1 Å². The molecule has 0 aromatic heterocycles. The fourth-order valence-electron chi connectivity index (χ4n) is 0.311. The van der Waals surface area contributed by atoms with Crippen molar-refractivity contribution in [1.82, 2.24) is 0 Å². The van der Waals surface area contributed by atoms with Gasteiger partial charge in [-0.2, -0.15) is 8.42 Å². The largest absolute Gasteiger partial charge is 0.316 e. The van der Waals surface area contributed by atoms with Crippen LogP contribution in [0, 0.1) is 0 Å². The Kier molecular flexibility index (Phi) is 5.75. The lowest BCUT2D eigenvalue weighted by atomic mass is 10.4. The first-order valence-corrected chi connectivity index (χ1v) is 3.62. The second kappa shape index (κ2) is 4.27. The van der Waals surface area contributed by atoms with Crippen molar-refractivity contribution in [3.63, 3.8) is 0 Å². The first kappa shape index (κ1) is 12.1. The second-order valence-corrected chi connectivity index (χ2v) is 3.14. The molecular formula is C4H10MgO3S. The highest BCUT2D eigenvalue weighted by atomic mass is 32.2. The number of rotatable bonds is 2. The molecule has 0 fully saturated rings. The molecule has 0 amide bonds. The fourth-order valence-corrected chi connectivity index (χ4v) is 0.934. The second-order valence-electron chi connectivity index (χ2n) is 1.68. The summed E-state index contributed by atoms with van der Waals surface area (Å²) in [5, 5.41) is 0. The summed E-state index contributed by atoms with van der Waals surface area (Å²) in [4.78, 5) is 0. The van der Waals surface area contributed by atoms with E-state index in [1.165, 1.54) is 6.92 Å². The monoisotopic (exact) mass is 162 g/mol. The smallest absolute Gasteiger partial charge is 0.285 e. The van der Waals surface area contributed by atoms with Gasteiger partial charge in [-0.05, 0) is 6.92 Å². The van der Waals surface area contributed by atoms with Crippen molar-refractivity contribution < 1.29 is 13.0 Å². The summed E-state index contributed by atoms with van der Waals surface area (Å²) in [5.41, 5.74) is 0.438. The predicted molar refractivity (Wildman–Crippen MR) is 39.8 cm³/mol. The minimum absolute atomic E-state index is 0. The van der Waals surface area contributed by atoms with Crippen LogP contribution in [0.1, 0.15) is 6.92 Å². The molecule has 0 aliphatic carbocycles. The van der Waals surface area contributed by atoms with Crippen LogP contribution in [0.4, 0.5) is 0 Å². The summed E-state index contributed by atoms with van der Waals surface area (Å²) in [5.74, 6) is -0.340. The molecule has 5 heteroatoms. The molecule has 0 aromatic rings. The summed E-state index contributed by atoms with van der Waals surface area (Å²) >= 11 is 0. The molecule has 52 valence electrons. The Morgan fingerprint density at radius 3 is 2.00 bits per heavy atom. The maximum absolute atomic E-state index is 9.94. The van der Waals surface area contributed by atoms with E-state index < -0.39 is 10.1 Å². The fraction of sp³-hybridized carbons (Fsp3) is 0.500. The summed E-state index contributed by atoms with van der Waals surface area (Å²) in [7, 11) is -3.82. The lowest BCUT2D eigenvalue weighted by Crippen LogP contribution is -2.03. The van der Waals surface area contributed by atoms with E-state index in [0.29, 0.717) is 5.57 Å². The van der Waals surface area contributed by atoms with Gasteiger partial charge in [-0.25, -0.2) is 0 Å². The zero-order chi connectivity index (χ0) is 6.78. The Labute approximate surface area is 71.0 Å². The Morgan fingerprint density at radius 2 is 2.00 bits per heavy atom. The van der Waals surface area contributed by atoms with Gasteiger partial charge in [0.25, 0.3) is 10.1 Å². The van der Waals surface area contributed by atoms with Crippen LogP contribution in [0.25, 0.3) is 0 Å². The van der Waals surface area contributed by atoms with Gasteiger partial charge < -0.3 is 0 Å². The van der Waals surface area contributed by atoms with Crippen molar-refractivity contribution >= 4 is 33.2 Å². The molecule has 0 spiro atoms. The summed E-state index contributed by atoms with van der Waals surface area (Å²) < 4.78 is 28.0. The van der Waals surface area contributed by atoms with Gasteiger partial charge in [0.1, 0.15) is 0 Å². The van der Waals surface area contributed by atoms with Crippen molar-refractivity contribution in [2.24, 2.45) is 0 Å². The van der Waals surface area contributed by atoms with Crippen LogP contribution >= 0.6 is 0 Å². The Bertz CT molecular complexity index is 182. The van der Waals surface area contributed by atoms with Crippen LogP contribution in [0.2, 0.25) is 0 Å². The van der Waals surface area contributed by atoms with E-state index in [1.54, 1.807) is 0 Å². The Balaban J connectivity index is 0. The van der Waals surface area contributed by atoms with Crippen molar-refractivity contribution in [2.45, 2.75) is 6.92 Å². The highest BCUT2D eigenvalue weighted by Gasteiger charge is 2.01. The normalized spacial score (nSPS) is 10.0. The Hall–Kier alpha value is 0.416. The molecule has 0 aliphatic heterocycles. The average molecular weight is 162 g/mol. The average Bonchev–Trinajstić information content (AvgIpc) is 1.21. The maximum atomic E-state index is 9.94. The van der Waals surface area contributed by atoms with Crippen LogP contribution in [0.3, 0.4) is 0 Å². The lowest BCUT2D eigenvalue weighted by Gasteiger charge is -1.90. The summed E-state index contributed by atoms with van der Waals surface area (Å²) in [6.45, 7) is 4.84. The van der Waals surface area contributed by atoms with Crippen LogP contribution in [0.5, 0.6) is 0 Å². The molecule has 0 saturated heterocycles.